The first-order valence-corrected chi connectivity index (χ1v) is 7.38. The molecule has 4 heteroatoms. The molecule has 1 fully saturated rings. The van der Waals surface area contributed by atoms with Crippen molar-refractivity contribution in [3.8, 4) is 5.75 Å². The summed E-state index contributed by atoms with van der Waals surface area (Å²) in [6, 6.07) is 13.5. The van der Waals surface area contributed by atoms with Gasteiger partial charge in [-0.05, 0) is 48.6 Å². The molecule has 0 heterocycles. The number of carbonyl (C=O) groups excluding carboxylic acids is 1. The van der Waals surface area contributed by atoms with Gasteiger partial charge in [0.2, 0.25) is 5.91 Å². The summed E-state index contributed by atoms with van der Waals surface area (Å²) in [7, 11) is 1.59. The zero-order chi connectivity index (χ0) is 15.5. The Hall–Kier alpha value is -2.36. The van der Waals surface area contributed by atoms with Crippen LogP contribution in [-0.4, -0.2) is 13.0 Å². The van der Waals surface area contributed by atoms with Gasteiger partial charge in [-0.1, -0.05) is 18.2 Å². The zero-order valence-corrected chi connectivity index (χ0v) is 12.4. The summed E-state index contributed by atoms with van der Waals surface area (Å²) >= 11 is 0. The van der Waals surface area contributed by atoms with Crippen LogP contribution in [0.3, 0.4) is 0 Å². The molecular weight excluding hydrogens is 281 g/mol. The van der Waals surface area contributed by atoms with Gasteiger partial charge in [0.1, 0.15) is 11.6 Å². The molecule has 1 aliphatic rings. The highest BCUT2D eigenvalue weighted by atomic mass is 19.1. The second-order valence-corrected chi connectivity index (χ2v) is 5.59. The number of hydrogen-bond acceptors (Lipinski definition) is 2. The molecule has 0 bridgehead atoms. The number of amides is 1. The Morgan fingerprint density at radius 1 is 1.23 bits per heavy atom. The van der Waals surface area contributed by atoms with E-state index < -0.39 is 0 Å². The predicted molar refractivity (Wildman–Crippen MR) is 83.5 cm³/mol. The SMILES string of the molecule is COc1cccc(NC(=O)C(c2ccc(F)cc2)C2CC2)c1. The lowest BCUT2D eigenvalue weighted by atomic mass is 9.93. The van der Waals surface area contributed by atoms with Crippen molar-refractivity contribution in [3.05, 3.63) is 59.9 Å². The molecule has 0 aromatic heterocycles. The number of rotatable bonds is 5. The van der Waals surface area contributed by atoms with E-state index in [0.29, 0.717) is 17.4 Å². The summed E-state index contributed by atoms with van der Waals surface area (Å²) in [6.07, 6.45) is 2.07. The average molecular weight is 299 g/mol. The van der Waals surface area contributed by atoms with Crippen molar-refractivity contribution < 1.29 is 13.9 Å². The molecule has 1 saturated carbocycles. The average Bonchev–Trinajstić information content (AvgIpc) is 3.34. The van der Waals surface area contributed by atoms with E-state index in [0.717, 1.165) is 18.4 Å². The van der Waals surface area contributed by atoms with Crippen LogP contribution in [0.15, 0.2) is 48.5 Å². The van der Waals surface area contributed by atoms with Gasteiger partial charge >= 0.3 is 0 Å². The summed E-state index contributed by atoms with van der Waals surface area (Å²) in [6.45, 7) is 0. The van der Waals surface area contributed by atoms with E-state index in [2.05, 4.69) is 5.32 Å². The van der Waals surface area contributed by atoms with Crippen molar-refractivity contribution >= 4 is 11.6 Å². The smallest absolute Gasteiger partial charge is 0.232 e. The minimum Gasteiger partial charge on any atom is -0.497 e. The van der Waals surface area contributed by atoms with Crippen molar-refractivity contribution in [2.75, 3.05) is 12.4 Å². The molecule has 1 aliphatic carbocycles. The van der Waals surface area contributed by atoms with Gasteiger partial charge < -0.3 is 10.1 Å². The Bertz CT molecular complexity index is 665. The number of methoxy groups -OCH3 is 1. The van der Waals surface area contributed by atoms with Crippen molar-refractivity contribution in [3.63, 3.8) is 0 Å². The van der Waals surface area contributed by atoms with E-state index in [9.17, 15) is 9.18 Å². The highest BCUT2D eigenvalue weighted by molar-refractivity contribution is 5.96. The second kappa shape index (κ2) is 6.18. The number of halogens is 1. The molecule has 114 valence electrons. The Balaban J connectivity index is 1.79. The Labute approximate surface area is 129 Å². The number of carbonyl (C=O) groups is 1. The second-order valence-electron chi connectivity index (χ2n) is 5.59. The molecule has 3 nitrogen and oxygen atoms in total. The monoisotopic (exact) mass is 299 g/mol. The number of ether oxygens (including phenoxy) is 1. The number of nitrogens with one attached hydrogen (secondary N) is 1. The third-order valence-electron chi connectivity index (χ3n) is 3.94. The maximum absolute atomic E-state index is 13.1. The van der Waals surface area contributed by atoms with Crippen molar-refractivity contribution in [1.82, 2.24) is 0 Å². The maximum Gasteiger partial charge on any atom is 0.232 e. The molecule has 2 aromatic rings. The van der Waals surface area contributed by atoms with Crippen LogP contribution >= 0.6 is 0 Å². The maximum atomic E-state index is 13.1. The number of benzene rings is 2. The quantitative estimate of drug-likeness (QED) is 0.907. The van der Waals surface area contributed by atoms with Crippen molar-refractivity contribution in [2.45, 2.75) is 18.8 Å². The van der Waals surface area contributed by atoms with Gasteiger partial charge in [-0.2, -0.15) is 0 Å². The molecule has 1 amide bonds. The third-order valence-corrected chi connectivity index (χ3v) is 3.94. The molecule has 0 radical (unpaired) electrons. The van der Waals surface area contributed by atoms with E-state index in [1.54, 1.807) is 25.3 Å². The van der Waals surface area contributed by atoms with Gasteiger partial charge in [0.05, 0.1) is 13.0 Å². The van der Waals surface area contributed by atoms with E-state index in [1.165, 1.54) is 12.1 Å². The van der Waals surface area contributed by atoms with Crippen LogP contribution in [0.5, 0.6) is 5.75 Å². The van der Waals surface area contributed by atoms with Crippen LogP contribution in [0.4, 0.5) is 10.1 Å². The standard InChI is InChI=1S/C18H18FNO2/c1-22-16-4-2-3-15(11-16)20-18(21)17(12-5-6-12)13-7-9-14(19)10-8-13/h2-4,7-12,17H,5-6H2,1H3,(H,20,21). The van der Waals surface area contributed by atoms with Crippen LogP contribution in [0.1, 0.15) is 24.3 Å². The first-order chi connectivity index (χ1) is 10.7. The fraction of sp³-hybridized carbons (Fsp3) is 0.278. The van der Waals surface area contributed by atoms with Crippen LogP contribution in [0.2, 0.25) is 0 Å². The fourth-order valence-corrected chi connectivity index (χ4v) is 2.66. The van der Waals surface area contributed by atoms with Crippen LogP contribution < -0.4 is 10.1 Å². The summed E-state index contributed by atoms with van der Waals surface area (Å²) in [5, 5.41) is 2.94. The fourth-order valence-electron chi connectivity index (χ4n) is 2.66. The summed E-state index contributed by atoms with van der Waals surface area (Å²) < 4.78 is 18.2. The van der Waals surface area contributed by atoms with E-state index in [-0.39, 0.29) is 17.6 Å². The van der Waals surface area contributed by atoms with E-state index in [4.69, 9.17) is 4.74 Å². The lowest BCUT2D eigenvalue weighted by Crippen LogP contribution is -2.22. The van der Waals surface area contributed by atoms with Crippen LogP contribution in [-0.2, 0) is 4.79 Å². The molecule has 2 aromatic carbocycles. The molecule has 22 heavy (non-hydrogen) atoms. The summed E-state index contributed by atoms with van der Waals surface area (Å²) in [4.78, 5) is 12.6. The van der Waals surface area contributed by atoms with Gasteiger partial charge in [-0.3, -0.25) is 4.79 Å². The first kappa shape index (κ1) is 14.6. The van der Waals surface area contributed by atoms with E-state index >= 15 is 0 Å². The lowest BCUT2D eigenvalue weighted by Gasteiger charge is -2.17. The minimum absolute atomic E-state index is 0.0534. The van der Waals surface area contributed by atoms with Gasteiger partial charge in [0.25, 0.3) is 0 Å². The minimum atomic E-state index is -0.286. The summed E-state index contributed by atoms with van der Waals surface area (Å²) in [5.74, 6) is 0.472. The summed E-state index contributed by atoms with van der Waals surface area (Å²) in [5.41, 5.74) is 1.57. The predicted octanol–water partition coefficient (Wildman–Crippen LogP) is 3.97. The van der Waals surface area contributed by atoms with E-state index in [1.807, 2.05) is 18.2 Å². The van der Waals surface area contributed by atoms with Crippen molar-refractivity contribution in [2.24, 2.45) is 5.92 Å². The highest BCUT2D eigenvalue weighted by Gasteiger charge is 2.37. The molecule has 1 N–H and O–H groups in total. The lowest BCUT2D eigenvalue weighted by molar-refractivity contribution is -0.118. The highest BCUT2D eigenvalue weighted by Crippen LogP contribution is 2.43. The number of hydrogen-bond donors (Lipinski definition) is 1. The van der Waals surface area contributed by atoms with Crippen molar-refractivity contribution in [1.29, 1.82) is 0 Å². The topological polar surface area (TPSA) is 38.3 Å². The molecule has 0 spiro atoms. The normalized spacial score (nSPS) is 15.2. The van der Waals surface area contributed by atoms with Crippen LogP contribution in [0.25, 0.3) is 0 Å². The zero-order valence-electron chi connectivity index (χ0n) is 12.4. The van der Waals surface area contributed by atoms with Gasteiger partial charge in [-0.25, -0.2) is 4.39 Å². The molecule has 0 aliphatic heterocycles. The number of anilines is 1. The first-order valence-electron chi connectivity index (χ1n) is 7.38. The Morgan fingerprint density at radius 2 is 1.95 bits per heavy atom. The largest absolute Gasteiger partial charge is 0.497 e. The molecule has 1 atom stereocenters. The molecule has 3 rings (SSSR count). The third kappa shape index (κ3) is 3.27. The molecule has 0 saturated heterocycles. The van der Waals surface area contributed by atoms with Gasteiger partial charge in [0, 0.05) is 11.8 Å². The Morgan fingerprint density at radius 3 is 2.59 bits per heavy atom. The van der Waals surface area contributed by atoms with Gasteiger partial charge in [0.15, 0.2) is 0 Å². The Kier molecular flexibility index (Phi) is 4.09. The molecule has 1 unspecified atom stereocenters. The molecular formula is C18H18FNO2. The van der Waals surface area contributed by atoms with Crippen LogP contribution in [0, 0.1) is 11.7 Å². The van der Waals surface area contributed by atoms with Gasteiger partial charge in [-0.15, -0.1) is 0 Å².